The van der Waals surface area contributed by atoms with Gasteiger partial charge >= 0.3 is 0 Å². The highest BCUT2D eigenvalue weighted by molar-refractivity contribution is 5.93. The van der Waals surface area contributed by atoms with E-state index in [0.717, 1.165) is 11.3 Å². The largest absolute Gasteiger partial charge is 0.337 e. The summed E-state index contributed by atoms with van der Waals surface area (Å²) in [7, 11) is 1.66. The van der Waals surface area contributed by atoms with Crippen molar-refractivity contribution in [3.63, 3.8) is 0 Å². The van der Waals surface area contributed by atoms with E-state index >= 15 is 0 Å². The monoisotopic (exact) mass is 308 g/mol. The van der Waals surface area contributed by atoms with Crippen molar-refractivity contribution in [3.05, 3.63) is 82.5 Å². The number of amides is 1. The number of rotatable bonds is 4. The Labute approximate surface area is 133 Å². The van der Waals surface area contributed by atoms with Crippen LogP contribution in [0.15, 0.2) is 65.8 Å². The first kappa shape index (κ1) is 14.8. The van der Waals surface area contributed by atoms with Crippen molar-refractivity contribution in [1.29, 1.82) is 0 Å². The number of benzene rings is 1. The zero-order chi connectivity index (χ0) is 16.2. The number of aromatic nitrogens is 3. The van der Waals surface area contributed by atoms with Crippen LogP contribution in [-0.4, -0.2) is 32.6 Å². The van der Waals surface area contributed by atoms with Crippen LogP contribution in [0.4, 0.5) is 0 Å². The van der Waals surface area contributed by atoms with Gasteiger partial charge in [-0.1, -0.05) is 18.2 Å². The molecule has 6 nitrogen and oxygen atoms in total. The van der Waals surface area contributed by atoms with E-state index in [0.29, 0.717) is 6.54 Å². The van der Waals surface area contributed by atoms with E-state index in [9.17, 15) is 9.59 Å². The van der Waals surface area contributed by atoms with Crippen molar-refractivity contribution in [3.8, 4) is 5.69 Å². The molecule has 1 amide bonds. The van der Waals surface area contributed by atoms with Crippen LogP contribution in [-0.2, 0) is 6.54 Å². The molecule has 2 heterocycles. The predicted octanol–water partition coefficient (Wildman–Crippen LogP) is 1.83. The summed E-state index contributed by atoms with van der Waals surface area (Å²) >= 11 is 0. The second kappa shape index (κ2) is 6.31. The number of para-hydroxylation sites is 1. The molecule has 2 aromatic heterocycles. The van der Waals surface area contributed by atoms with E-state index < -0.39 is 0 Å². The van der Waals surface area contributed by atoms with Crippen LogP contribution in [0.5, 0.6) is 0 Å². The SMILES string of the molecule is CN(Cc1cnn(-c2ccccc2)c1)C(=O)c1ccc[nH]c1=O. The number of nitrogens with one attached hydrogen (secondary N) is 1. The molecule has 116 valence electrons. The van der Waals surface area contributed by atoms with Gasteiger partial charge in [0.25, 0.3) is 11.5 Å². The molecule has 0 aliphatic heterocycles. The van der Waals surface area contributed by atoms with Crippen LogP contribution in [0.3, 0.4) is 0 Å². The van der Waals surface area contributed by atoms with Gasteiger partial charge < -0.3 is 9.88 Å². The minimum absolute atomic E-state index is 0.130. The van der Waals surface area contributed by atoms with Crippen molar-refractivity contribution >= 4 is 5.91 Å². The van der Waals surface area contributed by atoms with Gasteiger partial charge in [-0.2, -0.15) is 5.10 Å². The quantitative estimate of drug-likeness (QED) is 0.799. The maximum atomic E-state index is 12.3. The fourth-order valence-electron chi connectivity index (χ4n) is 2.30. The molecule has 3 aromatic rings. The molecule has 0 spiro atoms. The van der Waals surface area contributed by atoms with Crippen LogP contribution in [0, 0.1) is 0 Å². The second-order valence-electron chi connectivity index (χ2n) is 5.20. The number of hydrogen-bond donors (Lipinski definition) is 1. The Morgan fingerprint density at radius 2 is 2.00 bits per heavy atom. The van der Waals surface area contributed by atoms with Crippen molar-refractivity contribution in [1.82, 2.24) is 19.7 Å². The Bertz CT molecular complexity index is 867. The van der Waals surface area contributed by atoms with Crippen molar-refractivity contribution in [2.45, 2.75) is 6.54 Å². The van der Waals surface area contributed by atoms with Gasteiger partial charge in [0.1, 0.15) is 5.56 Å². The Hall–Kier alpha value is -3.15. The van der Waals surface area contributed by atoms with Gasteiger partial charge in [-0.3, -0.25) is 9.59 Å². The fraction of sp³-hybridized carbons (Fsp3) is 0.118. The third kappa shape index (κ3) is 3.21. The first-order valence-corrected chi connectivity index (χ1v) is 7.17. The number of aromatic amines is 1. The highest BCUT2D eigenvalue weighted by Crippen LogP contribution is 2.10. The molecular formula is C17H16N4O2. The van der Waals surface area contributed by atoms with Gasteiger partial charge in [-0.05, 0) is 24.3 Å². The van der Waals surface area contributed by atoms with Crippen molar-refractivity contribution < 1.29 is 4.79 Å². The van der Waals surface area contributed by atoms with E-state index in [4.69, 9.17) is 0 Å². The molecule has 0 fully saturated rings. The lowest BCUT2D eigenvalue weighted by atomic mass is 10.2. The Morgan fingerprint density at radius 3 is 2.74 bits per heavy atom. The maximum absolute atomic E-state index is 12.3. The van der Waals surface area contributed by atoms with Crippen molar-refractivity contribution in [2.24, 2.45) is 0 Å². The molecule has 0 bridgehead atoms. The summed E-state index contributed by atoms with van der Waals surface area (Å²) in [4.78, 5) is 28.0. The summed E-state index contributed by atoms with van der Waals surface area (Å²) in [5.41, 5.74) is 1.58. The van der Waals surface area contributed by atoms with Crippen LogP contribution >= 0.6 is 0 Å². The maximum Gasteiger partial charge on any atom is 0.260 e. The molecule has 23 heavy (non-hydrogen) atoms. The van der Waals surface area contributed by atoms with Crippen LogP contribution in [0.2, 0.25) is 0 Å². The smallest absolute Gasteiger partial charge is 0.260 e. The molecule has 0 unspecified atom stereocenters. The van der Waals surface area contributed by atoms with Gasteiger partial charge in [-0.25, -0.2) is 4.68 Å². The topological polar surface area (TPSA) is 71.0 Å². The highest BCUT2D eigenvalue weighted by Gasteiger charge is 2.15. The highest BCUT2D eigenvalue weighted by atomic mass is 16.2. The molecule has 1 N–H and O–H groups in total. The number of pyridine rings is 1. The van der Waals surface area contributed by atoms with Gasteiger partial charge in [0, 0.05) is 31.5 Å². The average Bonchev–Trinajstić information content (AvgIpc) is 3.04. The van der Waals surface area contributed by atoms with Crippen molar-refractivity contribution in [2.75, 3.05) is 7.05 Å². The lowest BCUT2D eigenvalue weighted by Gasteiger charge is -2.15. The average molecular weight is 308 g/mol. The number of H-pyrrole nitrogens is 1. The zero-order valence-corrected chi connectivity index (χ0v) is 12.6. The number of nitrogens with zero attached hydrogens (tertiary/aromatic N) is 3. The first-order valence-electron chi connectivity index (χ1n) is 7.17. The molecule has 6 heteroatoms. The molecular weight excluding hydrogens is 292 g/mol. The zero-order valence-electron chi connectivity index (χ0n) is 12.6. The molecule has 0 atom stereocenters. The molecule has 3 rings (SSSR count). The lowest BCUT2D eigenvalue weighted by Crippen LogP contribution is -2.30. The van der Waals surface area contributed by atoms with Gasteiger partial charge in [0.2, 0.25) is 0 Å². The lowest BCUT2D eigenvalue weighted by molar-refractivity contribution is 0.0783. The molecule has 0 aliphatic rings. The van der Waals surface area contributed by atoms with Gasteiger partial charge in [-0.15, -0.1) is 0 Å². The molecule has 0 radical (unpaired) electrons. The standard InChI is InChI=1S/C17H16N4O2/c1-20(17(23)15-8-5-9-18-16(15)22)11-13-10-19-21(12-13)14-6-3-2-4-7-14/h2-10,12H,11H2,1H3,(H,18,22). The summed E-state index contributed by atoms with van der Waals surface area (Å²) in [5, 5.41) is 4.30. The number of carbonyl (C=O) groups excluding carboxylic acids is 1. The summed E-state index contributed by atoms with van der Waals surface area (Å²) < 4.78 is 1.75. The summed E-state index contributed by atoms with van der Waals surface area (Å²) in [5.74, 6) is -0.320. The van der Waals surface area contributed by atoms with E-state index in [2.05, 4.69) is 10.1 Å². The van der Waals surface area contributed by atoms with Crippen LogP contribution in [0.25, 0.3) is 5.69 Å². The summed E-state index contributed by atoms with van der Waals surface area (Å²) in [6, 6.07) is 12.9. The summed E-state index contributed by atoms with van der Waals surface area (Å²) in [6.45, 7) is 0.375. The van der Waals surface area contributed by atoms with Crippen LogP contribution in [0.1, 0.15) is 15.9 Å². The molecule has 0 saturated carbocycles. The van der Waals surface area contributed by atoms with Gasteiger partial charge in [0.15, 0.2) is 0 Å². The van der Waals surface area contributed by atoms with E-state index in [1.165, 1.54) is 17.2 Å². The number of hydrogen-bond acceptors (Lipinski definition) is 3. The molecule has 0 aliphatic carbocycles. The minimum Gasteiger partial charge on any atom is -0.337 e. The molecule has 1 aromatic carbocycles. The second-order valence-corrected chi connectivity index (χ2v) is 5.20. The predicted molar refractivity (Wildman–Crippen MR) is 86.4 cm³/mol. The van der Waals surface area contributed by atoms with E-state index in [1.54, 1.807) is 24.0 Å². The summed E-state index contributed by atoms with van der Waals surface area (Å²) in [6.07, 6.45) is 5.09. The first-order chi connectivity index (χ1) is 11.1. The third-order valence-electron chi connectivity index (χ3n) is 3.47. The Morgan fingerprint density at radius 1 is 1.22 bits per heavy atom. The normalized spacial score (nSPS) is 10.5. The van der Waals surface area contributed by atoms with E-state index in [1.807, 2.05) is 36.5 Å². The minimum atomic E-state index is -0.385. The van der Waals surface area contributed by atoms with Gasteiger partial charge in [0.05, 0.1) is 11.9 Å². The van der Waals surface area contributed by atoms with E-state index in [-0.39, 0.29) is 17.0 Å². The third-order valence-corrected chi connectivity index (χ3v) is 3.47. The Kier molecular flexibility index (Phi) is 4.05. The fourth-order valence-corrected chi connectivity index (χ4v) is 2.30. The Balaban J connectivity index is 1.75. The number of carbonyl (C=O) groups is 1. The van der Waals surface area contributed by atoms with Crippen LogP contribution < -0.4 is 5.56 Å². The molecule has 0 saturated heterocycles.